The van der Waals surface area contributed by atoms with Gasteiger partial charge in [0.1, 0.15) is 23.7 Å². The number of unbranched alkanes of at least 4 members (excludes halogenated alkanes) is 14. The molecule has 0 aromatic heterocycles. The fraction of sp³-hybridized carbons (Fsp3) is 0.792. The number of benzene rings is 2. The normalized spacial score (nSPS) is 32.1. The Kier molecular flexibility index (Phi) is 22.4. The second-order valence-electron chi connectivity index (χ2n) is 30.2. The summed E-state index contributed by atoms with van der Waals surface area (Å²) in [7, 11) is 0. The van der Waals surface area contributed by atoms with E-state index in [0.717, 1.165) is 133 Å². The van der Waals surface area contributed by atoms with Gasteiger partial charge in [0.15, 0.2) is 0 Å². The van der Waals surface area contributed by atoms with E-state index in [9.17, 15) is 0 Å². The summed E-state index contributed by atoms with van der Waals surface area (Å²) in [5.74, 6) is 5.47. The van der Waals surface area contributed by atoms with Crippen molar-refractivity contribution >= 4 is 11.9 Å². The number of carbonyl (C=O) groups excluding carboxylic acids is 2. The van der Waals surface area contributed by atoms with Crippen LogP contribution in [-0.2, 0) is 19.1 Å². The van der Waals surface area contributed by atoms with E-state index in [1.54, 1.807) is 5.57 Å². The molecule has 6 nitrogen and oxygen atoms in total. The fourth-order valence-electron chi connectivity index (χ4n) is 19.9. The van der Waals surface area contributed by atoms with Crippen LogP contribution in [0.1, 0.15) is 314 Å². The molecule has 9 aliphatic carbocycles. The lowest BCUT2D eigenvalue weighted by molar-refractivity contribution is -0.171. The number of ether oxygens (including phenoxy) is 4. The molecule has 2 aromatic carbocycles. The Balaban J connectivity index is 0.888. The molecule has 0 unspecified atom stereocenters. The smallest absolute Gasteiger partial charge is 0.311 e. The van der Waals surface area contributed by atoms with Crippen LogP contribution in [0.5, 0.6) is 11.5 Å². The molecule has 0 aliphatic heterocycles. The molecule has 2 aromatic rings. The monoisotopic (exact) mass is 1140 g/mol. The summed E-state index contributed by atoms with van der Waals surface area (Å²) in [5, 5.41) is 0. The van der Waals surface area contributed by atoms with Crippen LogP contribution in [0, 0.1) is 70.0 Å². The summed E-state index contributed by atoms with van der Waals surface area (Å²) in [5.41, 5.74) is 6.63. The minimum atomic E-state index is -0.699. The van der Waals surface area contributed by atoms with Crippen LogP contribution in [0.2, 0.25) is 0 Å². The second kappa shape index (κ2) is 29.6. The zero-order valence-electron chi connectivity index (χ0n) is 53.9. The van der Waals surface area contributed by atoms with Crippen molar-refractivity contribution in [2.24, 2.45) is 70.0 Å². The predicted octanol–water partition coefficient (Wildman–Crippen LogP) is 21.2. The molecule has 5 saturated carbocycles. The Labute approximate surface area is 506 Å². The molecule has 462 valence electrons. The topological polar surface area (TPSA) is 71.1 Å². The molecule has 0 N–H and O–H groups in total. The van der Waals surface area contributed by atoms with Gasteiger partial charge < -0.3 is 18.9 Å². The lowest BCUT2D eigenvalue weighted by Crippen LogP contribution is -2.51. The van der Waals surface area contributed by atoms with Gasteiger partial charge in [-0.3, -0.25) is 9.59 Å². The zero-order chi connectivity index (χ0) is 57.9. The summed E-state index contributed by atoms with van der Waals surface area (Å²) in [6.45, 7) is 18.6. The maximum Gasteiger partial charge on any atom is 0.311 e. The van der Waals surface area contributed by atoms with E-state index >= 15 is 9.59 Å². The standard InChI is InChI=1S/C77H118O6/c1-8-10-12-14-16-18-20-25-48-80-59-38-41-63-65(51-59)70-62-40-37-60(81-49-26-21-19-17-15-13-11-9-2)52-66(62)71(63)73(72(70)74(78)82-58-35-32-56(33-36-58)55-30-23-22-24-31-55)75(79)83-61-44-46-76(6)57(50-61)34-39-64-68-43-42-67(54(5)29-27-28-53(3)4)77(68,7)47-45-69(64)76/h34,37-38,40-41,51-56,58,61,64,67-73H,8-33,35-36,39,42-50H2,1-7H3/t54-,56?,58?,61+,64+,67-,68+,69+,70-,71-,72+,73+,76+,77-/m1/s1. The van der Waals surface area contributed by atoms with Crippen LogP contribution in [0.15, 0.2) is 48.0 Å². The van der Waals surface area contributed by atoms with Gasteiger partial charge in [-0.2, -0.15) is 0 Å². The first-order chi connectivity index (χ1) is 40.4. The van der Waals surface area contributed by atoms with Crippen LogP contribution < -0.4 is 9.47 Å². The molecule has 83 heavy (non-hydrogen) atoms. The molecule has 2 bridgehead atoms. The largest absolute Gasteiger partial charge is 0.494 e. The van der Waals surface area contributed by atoms with Gasteiger partial charge in [0.2, 0.25) is 0 Å². The van der Waals surface area contributed by atoms with Crippen molar-refractivity contribution in [1.82, 2.24) is 0 Å². The first-order valence-corrected chi connectivity index (χ1v) is 36.1. The van der Waals surface area contributed by atoms with Gasteiger partial charge in [-0.05, 0) is 188 Å². The van der Waals surface area contributed by atoms with Gasteiger partial charge in [-0.1, -0.05) is 214 Å². The first-order valence-electron chi connectivity index (χ1n) is 36.1. The van der Waals surface area contributed by atoms with Gasteiger partial charge in [0.25, 0.3) is 0 Å². The Morgan fingerprint density at radius 1 is 0.530 bits per heavy atom. The molecule has 0 radical (unpaired) electrons. The summed E-state index contributed by atoms with van der Waals surface area (Å²) in [4.78, 5) is 31.4. The minimum Gasteiger partial charge on any atom is -0.494 e. The third-order valence-corrected chi connectivity index (χ3v) is 24.5. The van der Waals surface area contributed by atoms with E-state index in [4.69, 9.17) is 18.9 Å². The highest BCUT2D eigenvalue weighted by Crippen LogP contribution is 2.68. The summed E-state index contributed by atoms with van der Waals surface area (Å²) in [6.07, 6.45) is 46.9. The fourth-order valence-corrected chi connectivity index (χ4v) is 19.9. The van der Waals surface area contributed by atoms with Crippen LogP contribution in [0.25, 0.3) is 0 Å². The van der Waals surface area contributed by atoms with Crippen molar-refractivity contribution in [2.75, 3.05) is 13.2 Å². The number of hydrogen-bond acceptors (Lipinski definition) is 6. The molecule has 0 heterocycles. The van der Waals surface area contributed by atoms with Crippen LogP contribution in [0.3, 0.4) is 0 Å². The molecule has 0 amide bonds. The first kappa shape index (κ1) is 62.8. The van der Waals surface area contributed by atoms with E-state index in [1.807, 2.05) is 0 Å². The average Bonchev–Trinajstić information content (AvgIpc) is 2.57. The third kappa shape index (κ3) is 14.5. The number of hydrogen-bond donors (Lipinski definition) is 0. The van der Waals surface area contributed by atoms with E-state index in [-0.39, 0.29) is 41.4 Å². The highest BCUT2D eigenvalue weighted by Gasteiger charge is 2.61. The maximum atomic E-state index is 15.8. The van der Waals surface area contributed by atoms with Gasteiger partial charge in [-0.15, -0.1) is 0 Å². The quantitative estimate of drug-likeness (QED) is 0.0441. The molecule has 0 saturated heterocycles. The van der Waals surface area contributed by atoms with Crippen molar-refractivity contribution in [2.45, 2.75) is 304 Å². The highest BCUT2D eigenvalue weighted by atomic mass is 16.6. The SMILES string of the molecule is CCCCCCCCCCOc1ccc2c(c1)[C@H]1c3ccc(OCCCCCCCCCC)cc3[C@@H]2[C@H](C(=O)O[C@H]2CC[C@@]3(C)C(=CC[C@H]4[C@@H]5CC[C@H]([C@H](C)CCCC(C)C)[C@@]5(C)CC[C@@H]43)C2)[C@H]1C(=O)OC1CCC(C2CCCCC2)CC1. The average molecular weight is 1140 g/mol. The lowest BCUT2D eigenvalue weighted by atomic mass is 9.47. The molecule has 0 spiro atoms. The van der Waals surface area contributed by atoms with Crippen LogP contribution in [-0.4, -0.2) is 37.4 Å². The van der Waals surface area contributed by atoms with E-state index < -0.39 is 11.8 Å². The molecule has 9 aliphatic rings. The summed E-state index contributed by atoms with van der Waals surface area (Å²) < 4.78 is 27.0. The van der Waals surface area contributed by atoms with Crippen molar-refractivity contribution in [3.63, 3.8) is 0 Å². The Bertz CT molecular complexity index is 2410. The molecule has 5 fully saturated rings. The number of allylic oxidation sites excluding steroid dienone is 1. The number of fused-ring (bicyclic) bond motifs is 6. The molecule has 6 heteroatoms. The highest BCUT2D eigenvalue weighted by molar-refractivity contribution is 5.88. The zero-order valence-corrected chi connectivity index (χ0v) is 53.9. The van der Waals surface area contributed by atoms with E-state index in [1.165, 1.54) is 173 Å². The molecular weight excluding hydrogens is 1020 g/mol. The van der Waals surface area contributed by atoms with Crippen molar-refractivity contribution in [3.05, 3.63) is 70.3 Å². The molecule has 12 atom stereocenters. The van der Waals surface area contributed by atoms with Crippen molar-refractivity contribution < 1.29 is 28.5 Å². The summed E-state index contributed by atoms with van der Waals surface area (Å²) in [6, 6.07) is 13.2. The summed E-state index contributed by atoms with van der Waals surface area (Å²) >= 11 is 0. The maximum absolute atomic E-state index is 15.8. The third-order valence-electron chi connectivity index (χ3n) is 24.5. The molecule has 11 rings (SSSR count). The van der Waals surface area contributed by atoms with Gasteiger partial charge >= 0.3 is 11.9 Å². The van der Waals surface area contributed by atoms with Crippen molar-refractivity contribution in [1.29, 1.82) is 0 Å². The van der Waals surface area contributed by atoms with E-state index in [2.05, 4.69) is 90.9 Å². The minimum absolute atomic E-state index is 0.115. The van der Waals surface area contributed by atoms with Crippen LogP contribution in [0.4, 0.5) is 0 Å². The number of esters is 2. The van der Waals surface area contributed by atoms with Gasteiger partial charge in [0.05, 0.1) is 25.0 Å². The van der Waals surface area contributed by atoms with Crippen molar-refractivity contribution in [3.8, 4) is 11.5 Å². The van der Waals surface area contributed by atoms with E-state index in [0.29, 0.717) is 24.5 Å². The Morgan fingerprint density at radius 3 is 1.64 bits per heavy atom. The lowest BCUT2D eigenvalue weighted by Gasteiger charge is -2.58. The molecular formula is C77H118O6. The second-order valence-corrected chi connectivity index (χ2v) is 30.2. The number of carbonyl (C=O) groups is 2. The Morgan fingerprint density at radius 2 is 1.07 bits per heavy atom. The van der Waals surface area contributed by atoms with Crippen LogP contribution >= 0.6 is 0 Å². The predicted molar refractivity (Wildman–Crippen MR) is 341 cm³/mol. The van der Waals surface area contributed by atoms with Gasteiger partial charge in [-0.25, -0.2) is 0 Å². The van der Waals surface area contributed by atoms with Gasteiger partial charge in [0, 0.05) is 18.3 Å². The number of rotatable bonds is 30. The Hall–Kier alpha value is -3.28.